The molecule has 3 heteroatoms. The summed E-state index contributed by atoms with van der Waals surface area (Å²) in [5, 5.41) is 0. The average Bonchev–Trinajstić information content (AvgIpc) is 2.39. The molecule has 2 nitrogen and oxygen atoms in total. The molecule has 106 valence electrons. The number of hydrogen-bond donors (Lipinski definition) is 1. The number of ether oxygens (including phenoxy) is 1. The van der Waals surface area contributed by atoms with Crippen LogP contribution >= 0.6 is 0 Å². The number of hydrogen-bond acceptors (Lipinski definition) is 2. The molecular weight excluding hydrogens is 241 g/mol. The summed E-state index contributed by atoms with van der Waals surface area (Å²) < 4.78 is 19.2. The zero-order valence-corrected chi connectivity index (χ0v) is 11.9. The molecular formula is C16H24FNO. The first kappa shape index (κ1) is 14.5. The fourth-order valence-electron chi connectivity index (χ4n) is 2.65. The highest BCUT2D eigenvalue weighted by atomic mass is 19.1. The van der Waals surface area contributed by atoms with Crippen molar-refractivity contribution in [2.24, 2.45) is 11.1 Å². The zero-order chi connectivity index (χ0) is 13.9. The first-order chi connectivity index (χ1) is 8.95. The molecule has 19 heavy (non-hydrogen) atoms. The van der Waals surface area contributed by atoms with Crippen molar-refractivity contribution in [1.29, 1.82) is 0 Å². The molecule has 1 aromatic rings. The summed E-state index contributed by atoms with van der Waals surface area (Å²) in [6.07, 6.45) is 4.25. The number of rotatable bonds is 4. The molecule has 0 saturated heterocycles. The van der Waals surface area contributed by atoms with Crippen LogP contribution in [0.15, 0.2) is 24.3 Å². The van der Waals surface area contributed by atoms with Crippen molar-refractivity contribution in [2.75, 3.05) is 6.54 Å². The van der Waals surface area contributed by atoms with Crippen LogP contribution in [0.1, 0.15) is 45.1 Å². The summed E-state index contributed by atoms with van der Waals surface area (Å²) >= 11 is 0. The maximum absolute atomic E-state index is 13.1. The van der Waals surface area contributed by atoms with Gasteiger partial charge in [0.25, 0.3) is 0 Å². The van der Waals surface area contributed by atoms with Gasteiger partial charge in [0.2, 0.25) is 0 Å². The highest BCUT2D eigenvalue weighted by Gasteiger charge is 2.38. The molecule has 1 saturated carbocycles. The van der Waals surface area contributed by atoms with Crippen LogP contribution in [0.2, 0.25) is 0 Å². The van der Waals surface area contributed by atoms with Crippen molar-refractivity contribution in [3.05, 3.63) is 35.6 Å². The lowest BCUT2D eigenvalue weighted by Crippen LogP contribution is -2.45. The van der Waals surface area contributed by atoms with Crippen LogP contribution in [0, 0.1) is 11.2 Å². The predicted molar refractivity (Wildman–Crippen MR) is 75.2 cm³/mol. The van der Waals surface area contributed by atoms with E-state index in [-0.39, 0.29) is 11.4 Å². The first-order valence-electron chi connectivity index (χ1n) is 7.03. The van der Waals surface area contributed by atoms with E-state index >= 15 is 0 Å². The molecule has 0 bridgehead atoms. The summed E-state index contributed by atoms with van der Waals surface area (Å²) in [6, 6.07) is 6.58. The van der Waals surface area contributed by atoms with Gasteiger partial charge in [-0.1, -0.05) is 26.0 Å². The van der Waals surface area contributed by atoms with Gasteiger partial charge in [0.15, 0.2) is 0 Å². The van der Waals surface area contributed by atoms with Gasteiger partial charge in [-0.15, -0.1) is 0 Å². The van der Waals surface area contributed by atoms with E-state index in [0.717, 1.165) is 31.2 Å². The van der Waals surface area contributed by atoms with Crippen LogP contribution in [0.5, 0.6) is 0 Å². The molecule has 0 spiro atoms. The molecule has 1 aliphatic carbocycles. The van der Waals surface area contributed by atoms with E-state index in [2.05, 4.69) is 13.8 Å². The number of nitrogens with two attached hydrogens (primary N) is 1. The summed E-state index contributed by atoms with van der Waals surface area (Å²) in [5.74, 6) is -0.215. The maximum atomic E-state index is 13.1. The fourth-order valence-corrected chi connectivity index (χ4v) is 2.65. The predicted octanol–water partition coefficient (Wildman–Crippen LogP) is 3.64. The van der Waals surface area contributed by atoms with E-state index < -0.39 is 0 Å². The second-order valence-corrected chi connectivity index (χ2v) is 6.47. The zero-order valence-electron chi connectivity index (χ0n) is 11.9. The molecule has 0 unspecified atom stereocenters. The molecule has 2 N–H and O–H groups in total. The minimum absolute atomic E-state index is 0.215. The van der Waals surface area contributed by atoms with Gasteiger partial charge in [-0.25, -0.2) is 4.39 Å². The van der Waals surface area contributed by atoms with E-state index in [1.807, 2.05) is 6.07 Å². The van der Waals surface area contributed by atoms with Crippen LogP contribution in [0.4, 0.5) is 4.39 Å². The fraction of sp³-hybridized carbons (Fsp3) is 0.625. The van der Waals surface area contributed by atoms with E-state index in [0.29, 0.717) is 18.6 Å². The van der Waals surface area contributed by atoms with Crippen molar-refractivity contribution in [1.82, 2.24) is 0 Å². The second-order valence-electron chi connectivity index (χ2n) is 6.47. The Morgan fingerprint density at radius 1 is 1.21 bits per heavy atom. The van der Waals surface area contributed by atoms with Crippen molar-refractivity contribution in [3.8, 4) is 0 Å². The maximum Gasteiger partial charge on any atom is 0.123 e. The van der Waals surface area contributed by atoms with Gasteiger partial charge in [0.1, 0.15) is 5.82 Å². The van der Waals surface area contributed by atoms with Gasteiger partial charge < -0.3 is 10.5 Å². The van der Waals surface area contributed by atoms with E-state index in [9.17, 15) is 4.39 Å². The van der Waals surface area contributed by atoms with E-state index in [1.54, 1.807) is 6.07 Å². The van der Waals surface area contributed by atoms with Crippen molar-refractivity contribution < 1.29 is 9.13 Å². The number of benzene rings is 1. The largest absolute Gasteiger partial charge is 0.369 e. The quantitative estimate of drug-likeness (QED) is 0.902. The Kier molecular flexibility index (Phi) is 4.26. The molecule has 0 radical (unpaired) electrons. The van der Waals surface area contributed by atoms with Crippen LogP contribution in [0.25, 0.3) is 0 Å². The topological polar surface area (TPSA) is 35.2 Å². The van der Waals surface area contributed by atoms with Crippen molar-refractivity contribution in [3.63, 3.8) is 0 Å². The SMILES string of the molecule is CC1(C)CCC(CN)(OCc2cccc(F)c2)CC1. The summed E-state index contributed by atoms with van der Waals surface area (Å²) in [7, 11) is 0. The number of halogens is 1. The molecule has 0 heterocycles. The van der Waals surface area contributed by atoms with Crippen LogP contribution in [0.3, 0.4) is 0 Å². The standard InChI is InChI=1S/C16H24FNO/c1-15(2)6-8-16(12-18,9-7-15)19-11-13-4-3-5-14(17)10-13/h3-5,10H,6-9,11-12,18H2,1-2H3. The minimum atomic E-state index is -0.220. The second kappa shape index (κ2) is 5.59. The van der Waals surface area contributed by atoms with E-state index in [4.69, 9.17) is 10.5 Å². The van der Waals surface area contributed by atoms with Crippen molar-refractivity contribution in [2.45, 2.75) is 51.7 Å². The molecule has 1 fully saturated rings. The Bertz CT molecular complexity index is 421. The van der Waals surface area contributed by atoms with Crippen LogP contribution in [-0.2, 0) is 11.3 Å². The normalized spacial score (nSPS) is 21.3. The molecule has 0 aromatic heterocycles. The first-order valence-corrected chi connectivity index (χ1v) is 7.03. The van der Waals surface area contributed by atoms with Gasteiger partial charge in [-0.2, -0.15) is 0 Å². The lowest BCUT2D eigenvalue weighted by molar-refractivity contribution is -0.0904. The highest BCUT2D eigenvalue weighted by molar-refractivity contribution is 5.15. The Morgan fingerprint density at radius 2 is 1.89 bits per heavy atom. The molecule has 0 aliphatic heterocycles. The van der Waals surface area contributed by atoms with Gasteiger partial charge in [0.05, 0.1) is 12.2 Å². The van der Waals surface area contributed by atoms with Gasteiger partial charge >= 0.3 is 0 Å². The van der Waals surface area contributed by atoms with Gasteiger partial charge in [0, 0.05) is 6.54 Å². The molecule has 1 aliphatic rings. The Hall–Kier alpha value is -0.930. The Labute approximate surface area is 115 Å². The van der Waals surface area contributed by atoms with Crippen LogP contribution < -0.4 is 5.73 Å². The lowest BCUT2D eigenvalue weighted by atomic mass is 9.71. The highest BCUT2D eigenvalue weighted by Crippen LogP contribution is 2.41. The summed E-state index contributed by atoms with van der Waals surface area (Å²) in [4.78, 5) is 0. The molecule has 1 aromatic carbocycles. The molecule has 0 amide bonds. The van der Waals surface area contributed by atoms with Crippen molar-refractivity contribution >= 4 is 0 Å². The summed E-state index contributed by atoms with van der Waals surface area (Å²) in [5.41, 5.74) is 6.96. The van der Waals surface area contributed by atoms with Crippen LogP contribution in [-0.4, -0.2) is 12.1 Å². The van der Waals surface area contributed by atoms with Gasteiger partial charge in [-0.05, 0) is 48.8 Å². The Morgan fingerprint density at radius 3 is 2.47 bits per heavy atom. The summed E-state index contributed by atoms with van der Waals surface area (Å²) in [6.45, 7) is 5.56. The molecule has 2 rings (SSSR count). The van der Waals surface area contributed by atoms with E-state index in [1.165, 1.54) is 12.1 Å². The minimum Gasteiger partial charge on any atom is -0.369 e. The third-order valence-electron chi connectivity index (χ3n) is 4.32. The van der Waals surface area contributed by atoms with Gasteiger partial charge in [-0.3, -0.25) is 0 Å². The third kappa shape index (κ3) is 3.77. The molecule has 0 atom stereocenters. The monoisotopic (exact) mass is 265 g/mol. The Balaban J connectivity index is 1.96. The third-order valence-corrected chi connectivity index (χ3v) is 4.32. The lowest BCUT2D eigenvalue weighted by Gasteiger charge is -2.42. The smallest absolute Gasteiger partial charge is 0.123 e. The average molecular weight is 265 g/mol.